The summed E-state index contributed by atoms with van der Waals surface area (Å²) in [6.45, 7) is 2.61. The third kappa shape index (κ3) is 3.59. The van der Waals surface area contributed by atoms with E-state index in [1.54, 1.807) is 0 Å². The molecule has 0 fully saturated rings. The van der Waals surface area contributed by atoms with Crippen molar-refractivity contribution in [3.63, 3.8) is 0 Å². The van der Waals surface area contributed by atoms with Crippen molar-refractivity contribution in [1.29, 1.82) is 0 Å². The second-order valence-corrected chi connectivity index (χ2v) is 5.77. The third-order valence-electron chi connectivity index (χ3n) is 2.55. The Morgan fingerprint density at radius 2 is 2.17 bits per heavy atom. The molecule has 1 amide bonds. The van der Waals surface area contributed by atoms with Crippen LogP contribution in [0.2, 0.25) is 5.02 Å². The van der Waals surface area contributed by atoms with Gasteiger partial charge in [-0.3, -0.25) is 4.79 Å². The normalized spacial score (nSPS) is 10.3. The van der Waals surface area contributed by atoms with Gasteiger partial charge < -0.3 is 5.32 Å². The Bertz CT molecular complexity index is 550. The van der Waals surface area contributed by atoms with E-state index in [4.69, 9.17) is 11.6 Å². The lowest BCUT2D eigenvalue weighted by Crippen LogP contribution is -2.24. The maximum atomic E-state index is 11.8. The summed E-state index contributed by atoms with van der Waals surface area (Å²) < 4.78 is 0. The minimum absolute atomic E-state index is 0.00451. The third-order valence-corrected chi connectivity index (χ3v) is 3.79. The van der Waals surface area contributed by atoms with E-state index in [0.717, 1.165) is 26.8 Å². The average Bonchev–Trinajstić information content (AvgIpc) is 2.76. The molecule has 1 aromatic heterocycles. The van der Waals surface area contributed by atoms with Crippen LogP contribution >= 0.6 is 22.9 Å². The van der Waals surface area contributed by atoms with Gasteiger partial charge in [-0.25, -0.2) is 0 Å². The lowest BCUT2D eigenvalue weighted by atomic mass is 10.1. The van der Waals surface area contributed by atoms with Crippen molar-refractivity contribution in [1.82, 2.24) is 5.32 Å². The monoisotopic (exact) mass is 279 g/mol. The van der Waals surface area contributed by atoms with Crippen LogP contribution < -0.4 is 5.32 Å². The molecule has 2 nitrogen and oxygen atoms in total. The molecule has 0 atom stereocenters. The lowest BCUT2D eigenvalue weighted by Gasteiger charge is -2.04. The number of hydrogen-bond donors (Lipinski definition) is 1. The maximum Gasteiger partial charge on any atom is 0.261 e. The van der Waals surface area contributed by atoms with E-state index in [1.165, 1.54) is 11.3 Å². The van der Waals surface area contributed by atoms with Crippen LogP contribution in [-0.2, 0) is 6.42 Å². The summed E-state index contributed by atoms with van der Waals surface area (Å²) >= 11 is 7.41. The molecule has 0 bridgehead atoms. The van der Waals surface area contributed by atoms with E-state index < -0.39 is 0 Å². The Hall–Kier alpha value is -1.32. The van der Waals surface area contributed by atoms with Crippen molar-refractivity contribution in [2.45, 2.75) is 13.3 Å². The molecule has 1 N–H and O–H groups in total. The Morgan fingerprint density at radius 1 is 1.33 bits per heavy atom. The van der Waals surface area contributed by atoms with E-state index in [2.05, 4.69) is 5.32 Å². The quantitative estimate of drug-likeness (QED) is 0.909. The largest absolute Gasteiger partial charge is 0.351 e. The van der Waals surface area contributed by atoms with E-state index in [9.17, 15) is 4.79 Å². The summed E-state index contributed by atoms with van der Waals surface area (Å²) in [7, 11) is 0. The van der Waals surface area contributed by atoms with Crippen LogP contribution in [0.3, 0.4) is 0 Å². The van der Waals surface area contributed by atoms with Gasteiger partial charge in [-0.15, -0.1) is 11.3 Å². The maximum absolute atomic E-state index is 11.8. The first-order valence-electron chi connectivity index (χ1n) is 5.74. The SMILES string of the molecule is Cc1ccc(C(=O)NCCc2cccc(Cl)c2)s1. The predicted molar refractivity (Wildman–Crippen MR) is 76.5 cm³/mol. The van der Waals surface area contributed by atoms with Gasteiger partial charge in [0.25, 0.3) is 5.91 Å². The number of nitrogens with one attached hydrogen (secondary N) is 1. The summed E-state index contributed by atoms with van der Waals surface area (Å²) in [6, 6.07) is 11.5. The summed E-state index contributed by atoms with van der Waals surface area (Å²) in [6.07, 6.45) is 0.788. The fourth-order valence-corrected chi connectivity index (χ4v) is 2.65. The molecule has 18 heavy (non-hydrogen) atoms. The number of halogens is 1. The van der Waals surface area contributed by atoms with Gasteiger partial charge in [-0.1, -0.05) is 23.7 Å². The minimum atomic E-state index is -0.00451. The Balaban J connectivity index is 1.84. The second kappa shape index (κ2) is 6.03. The number of rotatable bonds is 4. The van der Waals surface area contributed by atoms with Crippen LogP contribution in [0.1, 0.15) is 20.1 Å². The number of carbonyl (C=O) groups is 1. The zero-order chi connectivity index (χ0) is 13.0. The fraction of sp³-hybridized carbons (Fsp3) is 0.214. The number of benzene rings is 1. The second-order valence-electron chi connectivity index (χ2n) is 4.05. The van der Waals surface area contributed by atoms with Crippen molar-refractivity contribution in [2.75, 3.05) is 6.54 Å². The first-order valence-corrected chi connectivity index (χ1v) is 6.93. The van der Waals surface area contributed by atoms with Crippen LogP contribution in [0.5, 0.6) is 0 Å². The Labute approximate surface area is 116 Å². The van der Waals surface area contributed by atoms with Gasteiger partial charge in [0.05, 0.1) is 4.88 Å². The minimum Gasteiger partial charge on any atom is -0.351 e. The highest BCUT2D eigenvalue weighted by atomic mass is 35.5. The molecule has 0 aliphatic heterocycles. The molecule has 1 aromatic carbocycles. The highest BCUT2D eigenvalue weighted by Crippen LogP contribution is 2.14. The van der Waals surface area contributed by atoms with Gasteiger partial charge in [0, 0.05) is 16.4 Å². The fourth-order valence-electron chi connectivity index (χ4n) is 1.66. The average molecular weight is 280 g/mol. The first kappa shape index (κ1) is 13.1. The van der Waals surface area contributed by atoms with Gasteiger partial charge in [0.1, 0.15) is 0 Å². The molecule has 0 unspecified atom stereocenters. The highest BCUT2D eigenvalue weighted by molar-refractivity contribution is 7.13. The zero-order valence-corrected chi connectivity index (χ0v) is 11.6. The smallest absolute Gasteiger partial charge is 0.261 e. The van der Waals surface area contributed by atoms with Crippen molar-refractivity contribution in [3.05, 3.63) is 56.7 Å². The molecule has 0 saturated heterocycles. The molecular formula is C14H14ClNOS. The first-order chi connectivity index (χ1) is 8.65. The van der Waals surface area contributed by atoms with Crippen LogP contribution in [-0.4, -0.2) is 12.5 Å². The number of aryl methyl sites for hydroxylation is 1. The van der Waals surface area contributed by atoms with Crippen LogP contribution in [0.15, 0.2) is 36.4 Å². The molecule has 94 valence electrons. The molecule has 0 saturated carbocycles. The molecule has 0 aliphatic rings. The molecule has 4 heteroatoms. The predicted octanol–water partition coefficient (Wildman–Crippen LogP) is 3.68. The number of carbonyl (C=O) groups excluding carboxylic acids is 1. The van der Waals surface area contributed by atoms with Crippen molar-refractivity contribution >= 4 is 28.8 Å². The van der Waals surface area contributed by atoms with Gasteiger partial charge in [0.15, 0.2) is 0 Å². The highest BCUT2D eigenvalue weighted by Gasteiger charge is 2.06. The van der Waals surface area contributed by atoms with Crippen LogP contribution in [0.4, 0.5) is 0 Å². The van der Waals surface area contributed by atoms with E-state index >= 15 is 0 Å². The summed E-state index contributed by atoms with van der Waals surface area (Å²) in [5.74, 6) is -0.00451. The van der Waals surface area contributed by atoms with Crippen LogP contribution in [0.25, 0.3) is 0 Å². The molecule has 1 heterocycles. The molecular weight excluding hydrogens is 266 g/mol. The van der Waals surface area contributed by atoms with E-state index in [0.29, 0.717) is 6.54 Å². The van der Waals surface area contributed by atoms with Gasteiger partial charge in [-0.2, -0.15) is 0 Å². The molecule has 2 rings (SSSR count). The van der Waals surface area contributed by atoms with E-state index in [1.807, 2.05) is 43.3 Å². The summed E-state index contributed by atoms with van der Waals surface area (Å²) in [5.41, 5.74) is 1.13. The Kier molecular flexibility index (Phi) is 4.39. The zero-order valence-electron chi connectivity index (χ0n) is 10.1. The van der Waals surface area contributed by atoms with Crippen molar-refractivity contribution in [2.24, 2.45) is 0 Å². The lowest BCUT2D eigenvalue weighted by molar-refractivity contribution is 0.0958. The standard InChI is InChI=1S/C14H14ClNOS/c1-10-5-6-13(18-10)14(17)16-8-7-11-3-2-4-12(15)9-11/h2-6,9H,7-8H2,1H3,(H,16,17). The van der Waals surface area contributed by atoms with Gasteiger partial charge >= 0.3 is 0 Å². The van der Waals surface area contributed by atoms with E-state index in [-0.39, 0.29) is 5.91 Å². The molecule has 2 aromatic rings. The molecule has 0 aliphatic carbocycles. The van der Waals surface area contributed by atoms with Crippen LogP contribution in [0, 0.1) is 6.92 Å². The van der Waals surface area contributed by atoms with Gasteiger partial charge in [0.2, 0.25) is 0 Å². The Morgan fingerprint density at radius 3 is 2.83 bits per heavy atom. The number of amides is 1. The van der Waals surface area contributed by atoms with Crippen molar-refractivity contribution < 1.29 is 4.79 Å². The van der Waals surface area contributed by atoms with Crippen molar-refractivity contribution in [3.8, 4) is 0 Å². The summed E-state index contributed by atoms with van der Waals surface area (Å²) in [4.78, 5) is 13.7. The van der Waals surface area contributed by atoms with Gasteiger partial charge in [-0.05, 0) is 43.2 Å². The molecule has 0 radical (unpaired) electrons. The summed E-state index contributed by atoms with van der Waals surface area (Å²) in [5, 5.41) is 3.64. The number of hydrogen-bond acceptors (Lipinski definition) is 2. The molecule has 0 spiro atoms. The number of thiophene rings is 1. The topological polar surface area (TPSA) is 29.1 Å².